The standard InChI is InChI=1S/C25H20BrF2N9O4/c26-15-6-19-22(34-24(15)35-3-4-36(25(39)40)13(9-35)10-38)23(31-11-29-19)33-18-7-17(28)20(8-16(18)27)41-14-1-2-37-21(5-14)30-12-32-37/h1-2,5-8,11-13,38H,3-4,9-10H2,(H,39,40)(H,29,31,33)/t13-/m0/s1. The molecular formula is C25H20BrF2N9O4. The maximum atomic E-state index is 15.1. The van der Waals surface area contributed by atoms with E-state index in [0.29, 0.717) is 28.0 Å². The van der Waals surface area contributed by atoms with Gasteiger partial charge in [-0.05, 0) is 28.1 Å². The molecule has 41 heavy (non-hydrogen) atoms. The van der Waals surface area contributed by atoms with Crippen LogP contribution in [0.2, 0.25) is 0 Å². The molecule has 1 aliphatic rings. The number of hydrogen-bond acceptors (Lipinski definition) is 10. The maximum Gasteiger partial charge on any atom is 0.407 e. The first-order valence-electron chi connectivity index (χ1n) is 12.2. The predicted molar refractivity (Wildman–Crippen MR) is 146 cm³/mol. The molecule has 1 amide bonds. The predicted octanol–water partition coefficient (Wildman–Crippen LogP) is 3.81. The van der Waals surface area contributed by atoms with E-state index >= 15 is 8.78 Å². The molecule has 0 aliphatic carbocycles. The van der Waals surface area contributed by atoms with Gasteiger partial charge < -0.3 is 25.2 Å². The highest BCUT2D eigenvalue weighted by Gasteiger charge is 2.31. The number of aromatic nitrogens is 6. The van der Waals surface area contributed by atoms with Gasteiger partial charge in [-0.25, -0.2) is 38.0 Å². The Bertz CT molecular complexity index is 1790. The molecule has 13 nitrogen and oxygen atoms in total. The highest BCUT2D eigenvalue weighted by molar-refractivity contribution is 9.10. The summed E-state index contributed by atoms with van der Waals surface area (Å²) in [5, 5.41) is 25.9. The molecule has 1 atom stereocenters. The van der Waals surface area contributed by atoms with Gasteiger partial charge in [0.25, 0.3) is 0 Å². The number of fused-ring (bicyclic) bond motifs is 2. The van der Waals surface area contributed by atoms with Crippen LogP contribution in [0.4, 0.5) is 30.9 Å². The topological polar surface area (TPSA) is 154 Å². The molecule has 0 bridgehead atoms. The van der Waals surface area contributed by atoms with Crippen molar-refractivity contribution in [3.8, 4) is 11.5 Å². The minimum atomic E-state index is -1.11. The molecule has 5 aromatic rings. The number of rotatable bonds is 6. The third-order valence-corrected chi connectivity index (χ3v) is 7.12. The Morgan fingerprint density at radius 2 is 1.98 bits per heavy atom. The van der Waals surface area contributed by atoms with E-state index in [0.717, 1.165) is 12.1 Å². The summed E-state index contributed by atoms with van der Waals surface area (Å²) in [5.74, 6) is -1.12. The molecule has 1 fully saturated rings. The van der Waals surface area contributed by atoms with Gasteiger partial charge in [-0.15, -0.1) is 0 Å². The normalized spacial score (nSPS) is 15.5. The first-order valence-corrected chi connectivity index (χ1v) is 13.0. The molecule has 1 aromatic carbocycles. The molecule has 4 aromatic heterocycles. The summed E-state index contributed by atoms with van der Waals surface area (Å²) in [6.07, 6.45) is 3.09. The smallest absolute Gasteiger partial charge is 0.407 e. The maximum absolute atomic E-state index is 15.1. The SMILES string of the molecule is O=C(O)N1CCN(c2nc3c(Nc4cc(F)c(Oc5ccn6ncnc6c5)cc4F)ncnc3cc2Br)C[C@H]1CO. The number of carboxylic acid groups (broad SMARTS) is 1. The second-order valence-electron chi connectivity index (χ2n) is 9.06. The van der Waals surface area contributed by atoms with Crippen molar-refractivity contribution in [2.45, 2.75) is 6.04 Å². The van der Waals surface area contributed by atoms with Crippen LogP contribution in [-0.2, 0) is 0 Å². The summed E-state index contributed by atoms with van der Waals surface area (Å²) < 4.78 is 37.8. The van der Waals surface area contributed by atoms with Crippen molar-refractivity contribution < 1.29 is 28.5 Å². The van der Waals surface area contributed by atoms with Gasteiger partial charge in [-0.1, -0.05) is 0 Å². The molecule has 3 N–H and O–H groups in total. The number of hydrogen-bond donors (Lipinski definition) is 3. The Balaban J connectivity index is 1.28. The quantitative estimate of drug-likeness (QED) is 0.252. The van der Waals surface area contributed by atoms with Crippen LogP contribution in [0.1, 0.15) is 0 Å². The van der Waals surface area contributed by atoms with Crippen molar-refractivity contribution in [2.75, 3.05) is 36.5 Å². The van der Waals surface area contributed by atoms with Crippen LogP contribution in [-0.4, -0.2) is 83.0 Å². The van der Waals surface area contributed by atoms with E-state index in [1.807, 2.05) is 4.90 Å². The number of pyridine rings is 2. The molecular weight excluding hydrogens is 608 g/mol. The number of anilines is 3. The highest BCUT2D eigenvalue weighted by Crippen LogP contribution is 2.34. The van der Waals surface area contributed by atoms with Gasteiger partial charge in [0.05, 0.1) is 28.3 Å². The molecule has 1 saturated heterocycles. The van der Waals surface area contributed by atoms with Gasteiger partial charge in [0.1, 0.15) is 29.7 Å². The fourth-order valence-electron chi connectivity index (χ4n) is 4.54. The second-order valence-corrected chi connectivity index (χ2v) is 9.91. The number of benzene rings is 1. The molecule has 5 heterocycles. The second kappa shape index (κ2) is 10.7. The lowest BCUT2D eigenvalue weighted by molar-refractivity contribution is 0.0909. The van der Waals surface area contributed by atoms with Crippen LogP contribution in [0, 0.1) is 11.6 Å². The third-order valence-electron chi connectivity index (χ3n) is 6.54. The molecule has 0 unspecified atom stereocenters. The van der Waals surface area contributed by atoms with Crippen molar-refractivity contribution in [3.05, 3.63) is 65.3 Å². The van der Waals surface area contributed by atoms with Gasteiger partial charge >= 0.3 is 6.09 Å². The zero-order valence-corrected chi connectivity index (χ0v) is 22.5. The Labute approximate surface area is 238 Å². The number of nitrogens with zero attached hydrogens (tertiary/aromatic N) is 8. The van der Waals surface area contributed by atoms with E-state index in [9.17, 15) is 15.0 Å². The zero-order chi connectivity index (χ0) is 28.7. The Morgan fingerprint density at radius 1 is 1.12 bits per heavy atom. The molecule has 0 saturated carbocycles. The fraction of sp³-hybridized carbons (Fsp3) is 0.200. The van der Waals surface area contributed by atoms with Crippen molar-refractivity contribution in [1.29, 1.82) is 0 Å². The number of piperazine rings is 1. The highest BCUT2D eigenvalue weighted by atomic mass is 79.9. The monoisotopic (exact) mass is 627 g/mol. The van der Waals surface area contributed by atoms with E-state index < -0.39 is 23.8 Å². The van der Waals surface area contributed by atoms with Gasteiger partial charge in [-0.2, -0.15) is 5.10 Å². The Morgan fingerprint density at radius 3 is 2.78 bits per heavy atom. The summed E-state index contributed by atoms with van der Waals surface area (Å²) in [6, 6.07) is 6.00. The van der Waals surface area contributed by atoms with E-state index in [2.05, 4.69) is 46.3 Å². The largest absolute Gasteiger partial charge is 0.465 e. The number of ether oxygens (including phenoxy) is 1. The van der Waals surface area contributed by atoms with E-state index in [-0.39, 0.29) is 48.2 Å². The van der Waals surface area contributed by atoms with Gasteiger partial charge in [0, 0.05) is 44.0 Å². The molecule has 210 valence electrons. The van der Waals surface area contributed by atoms with E-state index in [1.54, 1.807) is 18.3 Å². The lowest BCUT2D eigenvalue weighted by Crippen LogP contribution is -2.56. The third kappa shape index (κ3) is 5.14. The minimum Gasteiger partial charge on any atom is -0.465 e. The van der Waals surface area contributed by atoms with Gasteiger partial charge in [0.2, 0.25) is 0 Å². The molecule has 0 spiro atoms. The van der Waals surface area contributed by atoms with Crippen LogP contribution in [0.5, 0.6) is 11.5 Å². The average Bonchev–Trinajstić information content (AvgIpc) is 3.43. The van der Waals surface area contributed by atoms with Crippen molar-refractivity contribution >= 4 is 56.0 Å². The number of amides is 1. The average molecular weight is 628 g/mol. The minimum absolute atomic E-state index is 0.121. The van der Waals surface area contributed by atoms with Crippen molar-refractivity contribution in [3.63, 3.8) is 0 Å². The first kappa shape index (κ1) is 26.5. The molecule has 6 rings (SSSR count). The van der Waals surface area contributed by atoms with Gasteiger partial charge in [0.15, 0.2) is 28.8 Å². The Kier molecular flexibility index (Phi) is 6.92. The summed E-state index contributed by atoms with van der Waals surface area (Å²) in [5.41, 5.74) is 0.968. The van der Waals surface area contributed by atoms with E-state index in [4.69, 9.17) is 4.74 Å². The molecule has 0 radical (unpaired) electrons. The van der Waals surface area contributed by atoms with Crippen LogP contribution >= 0.6 is 15.9 Å². The Hall–Kier alpha value is -4.70. The van der Waals surface area contributed by atoms with Crippen molar-refractivity contribution in [2.24, 2.45) is 0 Å². The number of carbonyl (C=O) groups is 1. The van der Waals surface area contributed by atoms with E-state index in [1.165, 1.54) is 28.1 Å². The van der Waals surface area contributed by atoms with Crippen LogP contribution < -0.4 is 15.0 Å². The van der Waals surface area contributed by atoms with Crippen LogP contribution in [0.15, 0.2) is 53.7 Å². The summed E-state index contributed by atoms with van der Waals surface area (Å²) in [6.45, 7) is 0.321. The number of halogens is 3. The molecule has 16 heteroatoms. The van der Waals surface area contributed by atoms with Crippen molar-refractivity contribution in [1.82, 2.24) is 34.4 Å². The number of aliphatic hydroxyl groups is 1. The summed E-state index contributed by atoms with van der Waals surface area (Å²) >= 11 is 3.49. The fourth-order valence-corrected chi connectivity index (χ4v) is 5.09. The van der Waals surface area contributed by atoms with Crippen LogP contribution in [0.3, 0.4) is 0 Å². The lowest BCUT2D eigenvalue weighted by Gasteiger charge is -2.40. The van der Waals surface area contributed by atoms with Crippen LogP contribution in [0.25, 0.3) is 16.7 Å². The van der Waals surface area contributed by atoms with Gasteiger partial charge in [-0.3, -0.25) is 4.90 Å². The summed E-state index contributed by atoms with van der Waals surface area (Å²) in [7, 11) is 0. The number of nitrogens with one attached hydrogen (secondary N) is 1. The molecule has 1 aliphatic heterocycles. The summed E-state index contributed by atoms with van der Waals surface area (Å²) in [4.78, 5) is 31.6. The number of aliphatic hydroxyl groups excluding tert-OH is 1. The first-order chi connectivity index (χ1) is 19.8. The lowest BCUT2D eigenvalue weighted by atomic mass is 10.2. The zero-order valence-electron chi connectivity index (χ0n) is 20.9.